The first kappa shape index (κ1) is 9.57. The Labute approximate surface area is 73.0 Å². The Morgan fingerprint density at radius 3 is 2.69 bits per heavy atom. The zero-order valence-electron chi connectivity index (χ0n) is 6.79. The molecule has 0 radical (unpaired) electrons. The molecule has 0 bridgehead atoms. The van der Waals surface area contributed by atoms with E-state index in [1.54, 1.807) is 0 Å². The summed E-state index contributed by atoms with van der Waals surface area (Å²) in [5.74, 6) is -5.99. The van der Waals surface area contributed by atoms with Crippen LogP contribution in [0, 0.1) is 6.92 Å². The third-order valence-electron chi connectivity index (χ3n) is 1.53. The minimum Gasteiger partial charge on any atom is -0.477 e. The molecule has 1 rings (SSSR count). The Hall–Kier alpha value is -1.52. The third-order valence-corrected chi connectivity index (χ3v) is 1.53. The van der Waals surface area contributed by atoms with Crippen molar-refractivity contribution in [3.05, 3.63) is 29.6 Å². The predicted octanol–water partition coefficient (Wildman–Crippen LogP) is 1.57. The van der Waals surface area contributed by atoms with Gasteiger partial charge in [-0.1, -0.05) is 0 Å². The first-order valence-corrected chi connectivity index (χ1v) is 3.49. The zero-order chi connectivity index (χ0) is 10.1. The van der Waals surface area contributed by atoms with E-state index in [4.69, 9.17) is 5.11 Å². The minimum absolute atomic E-state index is 0.360. The number of aromatic nitrogens is 1. The predicted molar refractivity (Wildman–Crippen MR) is 40.5 cm³/mol. The SMILES string of the molecule is Cc1cc(C(F)(F)C(=O)O)ccn1. The molecule has 0 fully saturated rings. The van der Waals surface area contributed by atoms with Gasteiger partial charge in [0.25, 0.3) is 0 Å². The molecular weight excluding hydrogens is 180 g/mol. The summed E-state index contributed by atoms with van der Waals surface area (Å²) in [4.78, 5) is 13.8. The van der Waals surface area contributed by atoms with Crippen molar-refractivity contribution >= 4 is 5.97 Å². The minimum atomic E-state index is -3.84. The molecule has 0 aliphatic carbocycles. The quantitative estimate of drug-likeness (QED) is 0.764. The molecule has 70 valence electrons. The van der Waals surface area contributed by atoms with E-state index in [9.17, 15) is 13.6 Å². The fourth-order valence-corrected chi connectivity index (χ4v) is 0.864. The average Bonchev–Trinajstić information content (AvgIpc) is 2.04. The number of rotatable bonds is 2. The van der Waals surface area contributed by atoms with E-state index in [0.717, 1.165) is 18.3 Å². The molecule has 1 heterocycles. The Balaban J connectivity index is 3.14. The zero-order valence-corrected chi connectivity index (χ0v) is 6.79. The topological polar surface area (TPSA) is 50.2 Å². The molecule has 5 heteroatoms. The molecule has 0 saturated carbocycles. The van der Waals surface area contributed by atoms with E-state index in [1.165, 1.54) is 6.92 Å². The molecule has 1 aromatic heterocycles. The second-order valence-corrected chi connectivity index (χ2v) is 2.57. The number of halogens is 2. The van der Waals surface area contributed by atoms with Crippen molar-refractivity contribution in [2.75, 3.05) is 0 Å². The number of carbonyl (C=O) groups is 1. The summed E-state index contributed by atoms with van der Waals surface area (Å²) in [5, 5.41) is 8.22. The summed E-state index contributed by atoms with van der Waals surface area (Å²) in [6, 6.07) is 2.04. The van der Waals surface area contributed by atoms with Gasteiger partial charge in [0.2, 0.25) is 0 Å². The van der Waals surface area contributed by atoms with Gasteiger partial charge in [-0.3, -0.25) is 4.98 Å². The fraction of sp³-hybridized carbons (Fsp3) is 0.250. The van der Waals surface area contributed by atoms with E-state index in [1.807, 2.05) is 0 Å². The number of carboxylic acid groups (broad SMARTS) is 1. The summed E-state index contributed by atoms with van der Waals surface area (Å²) in [7, 11) is 0. The number of nitrogens with zero attached hydrogens (tertiary/aromatic N) is 1. The molecule has 0 aliphatic heterocycles. The summed E-state index contributed by atoms with van der Waals surface area (Å²) in [6.07, 6.45) is 1.15. The van der Waals surface area contributed by atoms with E-state index in [0.29, 0.717) is 5.69 Å². The van der Waals surface area contributed by atoms with Crippen LogP contribution in [0.1, 0.15) is 11.3 Å². The summed E-state index contributed by atoms with van der Waals surface area (Å²) < 4.78 is 25.7. The highest BCUT2D eigenvalue weighted by atomic mass is 19.3. The first-order valence-electron chi connectivity index (χ1n) is 3.49. The molecule has 0 amide bonds. The monoisotopic (exact) mass is 187 g/mol. The number of aliphatic carboxylic acids is 1. The molecule has 0 atom stereocenters. The van der Waals surface area contributed by atoms with Crippen molar-refractivity contribution in [1.82, 2.24) is 4.98 Å². The van der Waals surface area contributed by atoms with E-state index in [-0.39, 0.29) is 0 Å². The molecule has 1 aromatic rings. The highest BCUT2D eigenvalue weighted by molar-refractivity contribution is 5.77. The van der Waals surface area contributed by atoms with Crippen molar-refractivity contribution in [1.29, 1.82) is 0 Å². The summed E-state index contributed by atoms with van der Waals surface area (Å²) in [5.41, 5.74) is -0.189. The Kier molecular flexibility index (Phi) is 2.27. The Morgan fingerprint density at radius 1 is 1.62 bits per heavy atom. The molecule has 0 aliphatic rings. The Bertz CT molecular complexity index is 339. The van der Waals surface area contributed by atoms with Crippen LogP contribution in [0.3, 0.4) is 0 Å². The van der Waals surface area contributed by atoms with Gasteiger partial charge in [0.1, 0.15) is 0 Å². The fourth-order valence-electron chi connectivity index (χ4n) is 0.864. The van der Waals surface area contributed by atoms with Crippen LogP contribution in [0.25, 0.3) is 0 Å². The third kappa shape index (κ3) is 1.80. The number of hydrogen-bond donors (Lipinski definition) is 1. The summed E-state index contributed by atoms with van der Waals surface area (Å²) in [6.45, 7) is 1.52. The summed E-state index contributed by atoms with van der Waals surface area (Å²) >= 11 is 0. The van der Waals surface area contributed by atoms with Crippen molar-refractivity contribution in [2.45, 2.75) is 12.8 Å². The second-order valence-electron chi connectivity index (χ2n) is 2.57. The smallest absolute Gasteiger partial charge is 0.379 e. The molecule has 0 aromatic carbocycles. The molecule has 1 N–H and O–H groups in total. The number of alkyl halides is 2. The largest absolute Gasteiger partial charge is 0.477 e. The van der Waals surface area contributed by atoms with Gasteiger partial charge in [0.05, 0.1) is 0 Å². The maximum Gasteiger partial charge on any atom is 0.379 e. The van der Waals surface area contributed by atoms with Gasteiger partial charge < -0.3 is 5.11 Å². The van der Waals surface area contributed by atoms with Gasteiger partial charge in [-0.05, 0) is 19.1 Å². The van der Waals surface area contributed by atoms with Crippen LogP contribution < -0.4 is 0 Å². The maximum absolute atomic E-state index is 12.8. The second kappa shape index (κ2) is 3.08. The molecular formula is C8H7F2NO2. The average molecular weight is 187 g/mol. The molecule has 3 nitrogen and oxygen atoms in total. The highest BCUT2D eigenvalue weighted by Crippen LogP contribution is 2.27. The van der Waals surface area contributed by atoms with Gasteiger partial charge in [0, 0.05) is 17.5 Å². The van der Waals surface area contributed by atoms with Crippen LogP contribution in [0.5, 0.6) is 0 Å². The van der Waals surface area contributed by atoms with Crippen LogP contribution in [0.4, 0.5) is 8.78 Å². The van der Waals surface area contributed by atoms with Crippen LogP contribution in [0.15, 0.2) is 18.3 Å². The lowest BCUT2D eigenvalue weighted by Crippen LogP contribution is -2.25. The van der Waals surface area contributed by atoms with Gasteiger partial charge in [-0.15, -0.1) is 0 Å². The normalized spacial score (nSPS) is 11.3. The van der Waals surface area contributed by atoms with Crippen molar-refractivity contribution in [3.63, 3.8) is 0 Å². The van der Waals surface area contributed by atoms with Crippen molar-refractivity contribution in [2.24, 2.45) is 0 Å². The first-order chi connectivity index (χ1) is 5.94. The highest BCUT2D eigenvalue weighted by Gasteiger charge is 2.40. The van der Waals surface area contributed by atoms with Gasteiger partial charge in [-0.2, -0.15) is 8.78 Å². The number of pyridine rings is 1. The van der Waals surface area contributed by atoms with Crippen LogP contribution in [0.2, 0.25) is 0 Å². The van der Waals surface area contributed by atoms with E-state index < -0.39 is 17.5 Å². The van der Waals surface area contributed by atoms with Gasteiger partial charge in [0.15, 0.2) is 0 Å². The van der Waals surface area contributed by atoms with Crippen molar-refractivity contribution in [3.8, 4) is 0 Å². The molecule has 0 spiro atoms. The van der Waals surface area contributed by atoms with Gasteiger partial charge >= 0.3 is 11.9 Å². The lowest BCUT2D eigenvalue weighted by Gasteiger charge is -2.10. The van der Waals surface area contributed by atoms with E-state index in [2.05, 4.69) is 4.98 Å². The molecule has 0 saturated heterocycles. The van der Waals surface area contributed by atoms with Gasteiger partial charge in [-0.25, -0.2) is 4.79 Å². The van der Waals surface area contributed by atoms with E-state index >= 15 is 0 Å². The van der Waals surface area contributed by atoms with Crippen LogP contribution >= 0.6 is 0 Å². The Morgan fingerprint density at radius 2 is 2.23 bits per heavy atom. The number of hydrogen-bond acceptors (Lipinski definition) is 2. The molecule has 0 unspecified atom stereocenters. The number of aryl methyl sites for hydroxylation is 1. The maximum atomic E-state index is 12.8. The van der Waals surface area contributed by atoms with Crippen LogP contribution in [-0.4, -0.2) is 16.1 Å². The lowest BCUT2D eigenvalue weighted by molar-refractivity contribution is -0.166. The lowest BCUT2D eigenvalue weighted by atomic mass is 10.1. The number of carboxylic acids is 1. The van der Waals surface area contributed by atoms with Crippen LogP contribution in [-0.2, 0) is 10.7 Å². The van der Waals surface area contributed by atoms with Crippen molar-refractivity contribution < 1.29 is 18.7 Å². The standard InChI is InChI=1S/C8H7F2NO2/c1-5-4-6(2-3-11-5)8(9,10)7(12)13/h2-4H,1H3,(H,12,13). The molecule has 13 heavy (non-hydrogen) atoms.